The fourth-order valence-electron chi connectivity index (χ4n) is 3.45. The van der Waals surface area contributed by atoms with Crippen molar-refractivity contribution in [2.24, 2.45) is 5.92 Å². The second kappa shape index (κ2) is 13.0. The molecule has 1 aromatic rings. The second-order valence-corrected chi connectivity index (χ2v) is 8.69. The molecule has 5 nitrogen and oxygen atoms in total. The Kier molecular flexibility index (Phi) is 10.7. The van der Waals surface area contributed by atoms with Crippen molar-refractivity contribution in [3.05, 3.63) is 29.6 Å². The zero-order valence-electron chi connectivity index (χ0n) is 17.8. The molecule has 1 unspecified atom stereocenters. The molecule has 0 saturated heterocycles. The standard InChI is InChI=1S/C22H31F3N2O3S/c1-26-21(29)16(7-5-12-28)6-3-2-4-13-31-27-22(10-11-22)17-8-9-18(23)19(14-17)30-15-20(24)25/h8-9,12,14,16,20,27H,2-7,10-11,13,15H2,1H3,(H,26,29). The van der Waals surface area contributed by atoms with Crippen LogP contribution < -0.4 is 14.8 Å². The van der Waals surface area contributed by atoms with Crippen LogP contribution in [0.15, 0.2) is 18.2 Å². The molecular formula is C22H31F3N2O3S. The largest absolute Gasteiger partial charge is 0.485 e. The van der Waals surface area contributed by atoms with E-state index < -0.39 is 18.8 Å². The molecule has 0 aliphatic heterocycles. The van der Waals surface area contributed by atoms with Crippen LogP contribution in [0.25, 0.3) is 0 Å². The Balaban J connectivity index is 1.71. The van der Waals surface area contributed by atoms with Crippen molar-refractivity contribution in [2.75, 3.05) is 19.4 Å². The number of aldehydes is 1. The molecule has 1 saturated carbocycles. The molecule has 2 N–H and O–H groups in total. The normalized spacial score (nSPS) is 15.5. The summed E-state index contributed by atoms with van der Waals surface area (Å²) in [6.45, 7) is -0.828. The zero-order valence-corrected chi connectivity index (χ0v) is 18.6. The highest BCUT2D eigenvalue weighted by Gasteiger charge is 2.44. The number of benzene rings is 1. The van der Waals surface area contributed by atoms with Crippen molar-refractivity contribution in [2.45, 2.75) is 63.3 Å². The van der Waals surface area contributed by atoms with Crippen LogP contribution in [0.4, 0.5) is 13.2 Å². The number of carbonyl (C=O) groups is 2. The van der Waals surface area contributed by atoms with Crippen LogP contribution in [0.3, 0.4) is 0 Å². The third kappa shape index (κ3) is 8.37. The van der Waals surface area contributed by atoms with Gasteiger partial charge in [-0.3, -0.25) is 9.52 Å². The molecular weight excluding hydrogens is 429 g/mol. The number of nitrogens with one attached hydrogen (secondary N) is 2. The average molecular weight is 461 g/mol. The van der Waals surface area contributed by atoms with Gasteiger partial charge in [0.15, 0.2) is 11.6 Å². The van der Waals surface area contributed by atoms with Crippen LogP contribution in [0, 0.1) is 11.7 Å². The summed E-state index contributed by atoms with van der Waals surface area (Å²) in [6.07, 6.45) is 4.63. The molecule has 174 valence electrons. The summed E-state index contributed by atoms with van der Waals surface area (Å²) in [5.74, 6) is -0.0240. The van der Waals surface area contributed by atoms with Gasteiger partial charge in [0.25, 0.3) is 6.43 Å². The summed E-state index contributed by atoms with van der Waals surface area (Å²) < 4.78 is 46.9. The third-order valence-electron chi connectivity index (χ3n) is 5.42. The van der Waals surface area contributed by atoms with E-state index in [9.17, 15) is 22.8 Å². The number of alkyl halides is 2. The Morgan fingerprint density at radius 2 is 2.03 bits per heavy atom. The molecule has 1 fully saturated rings. The minimum absolute atomic E-state index is 0.00948. The maximum Gasteiger partial charge on any atom is 0.272 e. The monoisotopic (exact) mass is 460 g/mol. The van der Waals surface area contributed by atoms with Gasteiger partial charge in [0.1, 0.15) is 12.9 Å². The summed E-state index contributed by atoms with van der Waals surface area (Å²) in [5, 5.41) is 2.66. The highest BCUT2D eigenvalue weighted by molar-refractivity contribution is 7.97. The van der Waals surface area contributed by atoms with E-state index in [0.717, 1.165) is 56.1 Å². The lowest BCUT2D eigenvalue weighted by atomic mass is 9.95. The van der Waals surface area contributed by atoms with Gasteiger partial charge >= 0.3 is 0 Å². The van der Waals surface area contributed by atoms with Crippen molar-refractivity contribution in [1.82, 2.24) is 10.0 Å². The molecule has 0 aromatic heterocycles. The number of unbranched alkanes of at least 4 members (excludes halogenated alkanes) is 2. The van der Waals surface area contributed by atoms with Crippen LogP contribution in [0.1, 0.15) is 56.9 Å². The summed E-state index contributed by atoms with van der Waals surface area (Å²) in [4.78, 5) is 22.4. The van der Waals surface area contributed by atoms with Crippen LogP contribution in [0.2, 0.25) is 0 Å². The number of amides is 1. The van der Waals surface area contributed by atoms with Crippen molar-refractivity contribution < 1.29 is 27.5 Å². The summed E-state index contributed by atoms with van der Waals surface area (Å²) in [5.41, 5.74) is 0.578. The lowest BCUT2D eigenvalue weighted by Gasteiger charge is -2.19. The topological polar surface area (TPSA) is 67.4 Å². The maximum absolute atomic E-state index is 13.8. The summed E-state index contributed by atoms with van der Waals surface area (Å²) in [6, 6.07) is 4.44. The fourth-order valence-corrected chi connectivity index (χ4v) is 4.50. The Labute approximate surface area is 186 Å². The van der Waals surface area contributed by atoms with Crippen molar-refractivity contribution >= 4 is 24.1 Å². The molecule has 1 amide bonds. The molecule has 0 radical (unpaired) electrons. The lowest BCUT2D eigenvalue weighted by molar-refractivity contribution is -0.125. The van der Waals surface area contributed by atoms with Crippen LogP contribution in [0.5, 0.6) is 5.75 Å². The molecule has 1 aromatic carbocycles. The first-order valence-electron chi connectivity index (χ1n) is 10.7. The average Bonchev–Trinajstić information content (AvgIpc) is 3.54. The van der Waals surface area contributed by atoms with Gasteiger partial charge in [0.05, 0.1) is 5.54 Å². The summed E-state index contributed by atoms with van der Waals surface area (Å²) >= 11 is 1.60. The van der Waals surface area contributed by atoms with E-state index in [1.807, 2.05) is 0 Å². The fraction of sp³-hybridized carbons (Fsp3) is 0.636. The van der Waals surface area contributed by atoms with Crippen LogP contribution in [-0.2, 0) is 15.1 Å². The van der Waals surface area contributed by atoms with E-state index in [1.54, 1.807) is 25.1 Å². The Bertz CT molecular complexity index is 717. The van der Waals surface area contributed by atoms with Crippen LogP contribution >= 0.6 is 11.9 Å². The first kappa shape index (κ1) is 25.5. The van der Waals surface area contributed by atoms with E-state index in [2.05, 4.69) is 10.0 Å². The van der Waals surface area contributed by atoms with E-state index in [1.165, 1.54) is 12.1 Å². The number of hydrogen-bond donors (Lipinski definition) is 2. The van der Waals surface area contributed by atoms with Crippen LogP contribution in [-0.4, -0.2) is 38.0 Å². The highest BCUT2D eigenvalue weighted by Crippen LogP contribution is 2.48. The number of carbonyl (C=O) groups excluding carboxylic acids is 2. The molecule has 9 heteroatoms. The number of ether oxygens (including phenoxy) is 1. The van der Waals surface area contributed by atoms with E-state index in [0.29, 0.717) is 12.8 Å². The smallest absolute Gasteiger partial charge is 0.272 e. The van der Waals surface area contributed by atoms with E-state index >= 15 is 0 Å². The Hall–Kier alpha value is -1.74. The first-order chi connectivity index (χ1) is 14.9. The first-order valence-corrected chi connectivity index (χ1v) is 11.7. The highest BCUT2D eigenvalue weighted by atomic mass is 32.2. The second-order valence-electron chi connectivity index (χ2n) is 7.78. The number of halogens is 3. The number of hydrogen-bond acceptors (Lipinski definition) is 5. The summed E-state index contributed by atoms with van der Waals surface area (Å²) in [7, 11) is 1.61. The maximum atomic E-state index is 13.8. The quantitative estimate of drug-likeness (QED) is 0.214. The molecule has 31 heavy (non-hydrogen) atoms. The molecule has 1 aliphatic rings. The Morgan fingerprint density at radius 1 is 1.26 bits per heavy atom. The van der Waals surface area contributed by atoms with E-state index in [4.69, 9.17) is 4.74 Å². The van der Waals surface area contributed by atoms with Crippen molar-refractivity contribution in [1.29, 1.82) is 0 Å². The van der Waals surface area contributed by atoms with Crippen molar-refractivity contribution in [3.63, 3.8) is 0 Å². The van der Waals surface area contributed by atoms with E-state index in [-0.39, 0.29) is 23.1 Å². The molecule has 1 atom stereocenters. The Morgan fingerprint density at radius 3 is 2.68 bits per heavy atom. The SMILES string of the molecule is CNC(=O)C(CCC=O)CCCCCSNC1(c2ccc(F)c(OCC(F)F)c2)CC1. The lowest BCUT2D eigenvalue weighted by Crippen LogP contribution is -2.27. The zero-order chi connectivity index (χ0) is 22.7. The molecule has 0 spiro atoms. The third-order valence-corrected chi connectivity index (χ3v) is 6.44. The van der Waals surface area contributed by atoms with Gasteiger partial charge in [0, 0.05) is 25.1 Å². The minimum atomic E-state index is -2.65. The van der Waals surface area contributed by atoms with Crippen molar-refractivity contribution in [3.8, 4) is 5.75 Å². The molecule has 2 rings (SSSR count). The number of rotatable bonds is 16. The van der Waals surface area contributed by atoms with Gasteiger partial charge in [-0.05, 0) is 49.8 Å². The van der Waals surface area contributed by atoms with Gasteiger partial charge in [-0.1, -0.05) is 30.9 Å². The molecule has 0 bridgehead atoms. The van der Waals surface area contributed by atoms with Gasteiger partial charge < -0.3 is 14.8 Å². The van der Waals surface area contributed by atoms with Gasteiger partial charge in [0.2, 0.25) is 5.91 Å². The predicted molar refractivity (Wildman–Crippen MR) is 116 cm³/mol. The predicted octanol–water partition coefficient (Wildman–Crippen LogP) is 4.60. The van der Waals surface area contributed by atoms with Gasteiger partial charge in [-0.15, -0.1) is 0 Å². The molecule has 1 aliphatic carbocycles. The van der Waals surface area contributed by atoms with Gasteiger partial charge in [-0.25, -0.2) is 13.2 Å². The minimum Gasteiger partial charge on any atom is -0.485 e. The molecule has 0 heterocycles. The van der Waals surface area contributed by atoms with Gasteiger partial charge in [-0.2, -0.15) is 0 Å².